The molecule has 2 aromatic heterocycles. The predicted octanol–water partition coefficient (Wildman–Crippen LogP) is 4.88. The zero-order valence-electron chi connectivity index (χ0n) is 19.8. The third-order valence-electron chi connectivity index (χ3n) is 6.17. The molecule has 184 valence electrons. The lowest BCUT2D eigenvalue weighted by Crippen LogP contribution is -2.20. The SMILES string of the molecule is COC(=O)c1cc(-c2ccc(F)c(-c3nn[nH]n3)c2)ccc1NC(C#N)CCc1c[nH]c2ccccc12. The summed E-state index contributed by atoms with van der Waals surface area (Å²) in [6.07, 6.45) is 3.17. The zero-order valence-corrected chi connectivity index (χ0v) is 19.8. The van der Waals surface area contributed by atoms with Crippen molar-refractivity contribution < 1.29 is 13.9 Å². The number of aromatic nitrogens is 5. The zero-order chi connectivity index (χ0) is 25.8. The van der Waals surface area contributed by atoms with Crippen LogP contribution in [-0.4, -0.2) is 44.7 Å². The molecule has 9 nitrogen and oxygen atoms in total. The number of aryl methyl sites for hydroxylation is 1. The third-order valence-corrected chi connectivity index (χ3v) is 6.17. The number of rotatable bonds is 8. The van der Waals surface area contributed by atoms with Gasteiger partial charge in [0, 0.05) is 22.8 Å². The van der Waals surface area contributed by atoms with Crippen molar-refractivity contribution in [2.75, 3.05) is 12.4 Å². The monoisotopic (exact) mass is 495 g/mol. The van der Waals surface area contributed by atoms with Gasteiger partial charge in [-0.05, 0) is 65.1 Å². The fourth-order valence-corrected chi connectivity index (χ4v) is 4.28. The highest BCUT2D eigenvalue weighted by molar-refractivity contribution is 5.97. The lowest BCUT2D eigenvalue weighted by atomic mass is 9.98. The lowest BCUT2D eigenvalue weighted by Gasteiger charge is -2.17. The number of halogens is 1. The van der Waals surface area contributed by atoms with E-state index in [-0.39, 0.29) is 17.0 Å². The number of fused-ring (bicyclic) bond motifs is 1. The Bertz CT molecular complexity index is 1610. The molecule has 0 aliphatic rings. The van der Waals surface area contributed by atoms with Crippen LogP contribution >= 0.6 is 0 Å². The van der Waals surface area contributed by atoms with Crippen LogP contribution in [0.25, 0.3) is 33.4 Å². The third kappa shape index (κ3) is 4.88. The van der Waals surface area contributed by atoms with Crippen LogP contribution in [-0.2, 0) is 11.2 Å². The van der Waals surface area contributed by atoms with E-state index < -0.39 is 17.8 Å². The first kappa shape index (κ1) is 23.7. The standard InChI is InChI=1S/C27H22FN7O2/c1-37-27(36)22-13-17(16-7-10-23(28)21(12-16)26-32-34-35-33-26)8-11-25(22)31-19(14-29)9-6-18-15-30-24-5-3-2-4-20(18)24/h2-5,7-8,10-13,15,19,30-31H,6,9H2,1H3,(H,32,33,34,35). The number of ether oxygens (including phenoxy) is 1. The molecule has 5 aromatic rings. The highest BCUT2D eigenvalue weighted by atomic mass is 19.1. The molecule has 3 aromatic carbocycles. The molecule has 2 heterocycles. The molecule has 0 saturated carbocycles. The minimum Gasteiger partial charge on any atom is -0.465 e. The number of H-pyrrole nitrogens is 2. The van der Waals surface area contributed by atoms with E-state index in [0.717, 1.165) is 16.5 Å². The van der Waals surface area contributed by atoms with E-state index in [1.807, 2.05) is 30.5 Å². The van der Waals surface area contributed by atoms with Gasteiger partial charge in [-0.3, -0.25) is 0 Å². The van der Waals surface area contributed by atoms with Gasteiger partial charge in [0.25, 0.3) is 0 Å². The van der Waals surface area contributed by atoms with Gasteiger partial charge >= 0.3 is 5.97 Å². The van der Waals surface area contributed by atoms with Crippen molar-refractivity contribution in [3.05, 3.63) is 83.8 Å². The predicted molar refractivity (Wildman–Crippen MR) is 136 cm³/mol. The second kappa shape index (κ2) is 10.3. The summed E-state index contributed by atoms with van der Waals surface area (Å²) in [7, 11) is 1.30. The second-order valence-corrected chi connectivity index (χ2v) is 8.41. The smallest absolute Gasteiger partial charge is 0.339 e. The number of para-hydroxylation sites is 1. The van der Waals surface area contributed by atoms with E-state index in [1.165, 1.54) is 13.2 Å². The first-order chi connectivity index (χ1) is 18.1. The molecule has 0 bridgehead atoms. The van der Waals surface area contributed by atoms with Gasteiger partial charge in [-0.25, -0.2) is 9.18 Å². The quantitative estimate of drug-likeness (QED) is 0.261. The summed E-state index contributed by atoms with van der Waals surface area (Å²) >= 11 is 0. The summed E-state index contributed by atoms with van der Waals surface area (Å²) in [5.74, 6) is -0.931. The molecule has 0 aliphatic heterocycles. The van der Waals surface area contributed by atoms with Crippen molar-refractivity contribution in [2.24, 2.45) is 0 Å². The van der Waals surface area contributed by atoms with Gasteiger partial charge in [0.2, 0.25) is 5.82 Å². The molecule has 0 spiro atoms. The number of nitriles is 1. The number of esters is 1. The molecule has 1 unspecified atom stereocenters. The Hall–Kier alpha value is -5.04. The molecule has 10 heteroatoms. The Morgan fingerprint density at radius 3 is 2.76 bits per heavy atom. The first-order valence-electron chi connectivity index (χ1n) is 11.5. The largest absolute Gasteiger partial charge is 0.465 e. The summed E-state index contributed by atoms with van der Waals surface area (Å²) < 4.78 is 19.4. The molecule has 0 radical (unpaired) electrons. The van der Waals surface area contributed by atoms with E-state index in [0.29, 0.717) is 29.7 Å². The normalized spacial score (nSPS) is 11.7. The summed E-state index contributed by atoms with van der Waals surface area (Å²) in [5, 5.41) is 27.6. The molecule has 5 rings (SSSR count). The highest BCUT2D eigenvalue weighted by Crippen LogP contribution is 2.30. The van der Waals surface area contributed by atoms with Crippen LogP contribution in [0.2, 0.25) is 0 Å². The van der Waals surface area contributed by atoms with E-state index in [1.54, 1.807) is 30.3 Å². The molecule has 0 fully saturated rings. The van der Waals surface area contributed by atoms with Crippen molar-refractivity contribution >= 4 is 22.6 Å². The molecule has 0 amide bonds. The Balaban J connectivity index is 1.40. The minimum absolute atomic E-state index is 0.123. The minimum atomic E-state index is -0.557. The van der Waals surface area contributed by atoms with E-state index in [4.69, 9.17) is 4.74 Å². The van der Waals surface area contributed by atoms with Crippen LogP contribution in [0, 0.1) is 17.1 Å². The number of hydrogen-bond acceptors (Lipinski definition) is 7. The molecule has 0 aliphatic carbocycles. The molecule has 3 N–H and O–H groups in total. The Labute approximate surface area is 211 Å². The number of benzene rings is 3. The maximum absolute atomic E-state index is 14.4. The van der Waals surface area contributed by atoms with Gasteiger partial charge in [0.05, 0.1) is 24.3 Å². The molecule has 0 saturated heterocycles. The number of carbonyl (C=O) groups is 1. The summed E-state index contributed by atoms with van der Waals surface area (Å²) in [6, 6.07) is 19.4. The van der Waals surface area contributed by atoms with Crippen LogP contribution in [0.4, 0.5) is 10.1 Å². The number of hydrogen-bond donors (Lipinski definition) is 3. The number of nitrogens with zero attached hydrogens (tertiary/aromatic N) is 4. The van der Waals surface area contributed by atoms with Crippen LogP contribution in [0.15, 0.2) is 66.9 Å². The lowest BCUT2D eigenvalue weighted by molar-refractivity contribution is 0.0602. The van der Waals surface area contributed by atoms with Gasteiger partial charge in [-0.1, -0.05) is 30.3 Å². The van der Waals surface area contributed by atoms with Crippen molar-refractivity contribution in [1.29, 1.82) is 5.26 Å². The molecule has 1 atom stereocenters. The number of nitrogens with one attached hydrogen (secondary N) is 3. The number of tetrazole rings is 1. The number of methoxy groups -OCH3 is 1. The molecular weight excluding hydrogens is 473 g/mol. The number of carbonyl (C=O) groups excluding carboxylic acids is 1. The summed E-state index contributed by atoms with van der Waals surface area (Å²) in [6.45, 7) is 0. The average molecular weight is 496 g/mol. The Morgan fingerprint density at radius 2 is 1.97 bits per heavy atom. The summed E-state index contributed by atoms with van der Waals surface area (Å²) in [4.78, 5) is 15.9. The van der Waals surface area contributed by atoms with Crippen LogP contribution < -0.4 is 5.32 Å². The maximum Gasteiger partial charge on any atom is 0.339 e. The maximum atomic E-state index is 14.4. The highest BCUT2D eigenvalue weighted by Gasteiger charge is 2.18. The fraction of sp³-hybridized carbons (Fsp3) is 0.148. The van der Waals surface area contributed by atoms with Crippen LogP contribution in [0.5, 0.6) is 0 Å². The van der Waals surface area contributed by atoms with Gasteiger partial charge < -0.3 is 15.0 Å². The number of anilines is 1. The van der Waals surface area contributed by atoms with Crippen LogP contribution in [0.3, 0.4) is 0 Å². The summed E-state index contributed by atoms with van der Waals surface area (Å²) in [5.41, 5.74) is 4.38. The van der Waals surface area contributed by atoms with Gasteiger partial charge in [-0.15, -0.1) is 10.2 Å². The Morgan fingerprint density at radius 1 is 1.16 bits per heavy atom. The number of aromatic amines is 2. The van der Waals surface area contributed by atoms with Crippen molar-refractivity contribution in [3.8, 4) is 28.6 Å². The van der Waals surface area contributed by atoms with Gasteiger partial charge in [0.1, 0.15) is 11.9 Å². The Kier molecular flexibility index (Phi) is 6.59. The second-order valence-electron chi connectivity index (χ2n) is 8.41. The van der Waals surface area contributed by atoms with E-state index in [2.05, 4.69) is 37.0 Å². The van der Waals surface area contributed by atoms with E-state index >= 15 is 0 Å². The average Bonchev–Trinajstić information content (AvgIpc) is 3.61. The van der Waals surface area contributed by atoms with Crippen molar-refractivity contribution in [3.63, 3.8) is 0 Å². The van der Waals surface area contributed by atoms with Crippen molar-refractivity contribution in [1.82, 2.24) is 25.6 Å². The van der Waals surface area contributed by atoms with Crippen molar-refractivity contribution in [2.45, 2.75) is 18.9 Å². The topological polar surface area (TPSA) is 132 Å². The first-order valence-corrected chi connectivity index (χ1v) is 11.5. The van der Waals surface area contributed by atoms with Crippen LogP contribution in [0.1, 0.15) is 22.3 Å². The van der Waals surface area contributed by atoms with Gasteiger partial charge in [-0.2, -0.15) is 10.5 Å². The fourth-order valence-electron chi connectivity index (χ4n) is 4.28. The molecule has 37 heavy (non-hydrogen) atoms. The van der Waals surface area contributed by atoms with E-state index in [9.17, 15) is 14.4 Å². The van der Waals surface area contributed by atoms with Gasteiger partial charge in [0.15, 0.2) is 0 Å². The molecular formula is C27H22FN7O2.